The maximum absolute atomic E-state index is 12.8. The number of hydrogen-bond acceptors (Lipinski definition) is 3. The summed E-state index contributed by atoms with van der Waals surface area (Å²) in [7, 11) is 0. The summed E-state index contributed by atoms with van der Waals surface area (Å²) in [5.41, 5.74) is 0. The summed E-state index contributed by atoms with van der Waals surface area (Å²) in [6.45, 7) is 0.299. The van der Waals surface area contributed by atoms with Crippen molar-refractivity contribution < 1.29 is 27.9 Å². The molecule has 0 aromatic rings. The number of aliphatic carboxylic acids is 1. The highest BCUT2D eigenvalue weighted by molar-refractivity contribution is 7.99. The van der Waals surface area contributed by atoms with E-state index in [1.54, 1.807) is 0 Å². The van der Waals surface area contributed by atoms with Gasteiger partial charge in [0.15, 0.2) is 0 Å². The number of carbonyl (C=O) groups excluding carboxylic acids is 1. The van der Waals surface area contributed by atoms with Gasteiger partial charge in [-0.1, -0.05) is 6.42 Å². The molecule has 4 nitrogen and oxygen atoms in total. The zero-order valence-electron chi connectivity index (χ0n) is 11.4. The molecule has 120 valence electrons. The third kappa shape index (κ3) is 3.84. The molecule has 1 aliphatic heterocycles. The molecule has 3 unspecified atom stereocenters. The van der Waals surface area contributed by atoms with E-state index in [0.29, 0.717) is 30.9 Å². The molecular formula is C13H18F3NO3S. The molecule has 1 amide bonds. The molecule has 1 heterocycles. The molecule has 2 aliphatic rings. The fourth-order valence-electron chi connectivity index (χ4n) is 3.02. The van der Waals surface area contributed by atoms with Gasteiger partial charge in [-0.2, -0.15) is 24.9 Å². The Morgan fingerprint density at radius 2 is 1.95 bits per heavy atom. The van der Waals surface area contributed by atoms with E-state index < -0.39 is 35.9 Å². The van der Waals surface area contributed by atoms with Crippen LogP contribution in [-0.4, -0.2) is 52.2 Å². The molecule has 1 saturated heterocycles. The van der Waals surface area contributed by atoms with E-state index in [-0.39, 0.29) is 12.8 Å². The molecule has 1 saturated carbocycles. The van der Waals surface area contributed by atoms with Crippen LogP contribution in [0.4, 0.5) is 13.2 Å². The number of rotatable bonds is 2. The van der Waals surface area contributed by atoms with E-state index in [4.69, 9.17) is 5.11 Å². The number of carbonyl (C=O) groups is 2. The average Bonchev–Trinajstić information content (AvgIpc) is 2.45. The van der Waals surface area contributed by atoms with Crippen molar-refractivity contribution in [2.45, 2.75) is 37.9 Å². The number of thioether (sulfide) groups is 1. The zero-order chi connectivity index (χ0) is 15.6. The number of halogens is 3. The lowest BCUT2D eigenvalue weighted by atomic mass is 9.80. The molecule has 21 heavy (non-hydrogen) atoms. The number of carboxylic acids is 1. The lowest BCUT2D eigenvalue weighted by Crippen LogP contribution is -2.53. The van der Waals surface area contributed by atoms with Crippen molar-refractivity contribution in [3.05, 3.63) is 0 Å². The summed E-state index contributed by atoms with van der Waals surface area (Å²) in [4.78, 5) is 24.9. The first-order valence-electron chi connectivity index (χ1n) is 6.98. The van der Waals surface area contributed by atoms with Crippen molar-refractivity contribution in [2.75, 3.05) is 18.1 Å². The van der Waals surface area contributed by atoms with E-state index in [2.05, 4.69) is 0 Å². The van der Waals surface area contributed by atoms with Crippen molar-refractivity contribution in [3.8, 4) is 0 Å². The number of carboxylic acid groups (broad SMARTS) is 1. The Bertz CT molecular complexity index is 416. The molecule has 0 spiro atoms. The number of hydrogen-bond donors (Lipinski definition) is 1. The highest BCUT2D eigenvalue weighted by Gasteiger charge is 2.45. The van der Waals surface area contributed by atoms with E-state index in [0.717, 1.165) is 0 Å². The van der Waals surface area contributed by atoms with E-state index in [1.165, 1.54) is 16.7 Å². The lowest BCUT2D eigenvalue weighted by molar-refractivity contribution is -0.187. The normalized spacial score (nSPS) is 31.0. The fourth-order valence-corrected chi connectivity index (χ4v) is 4.06. The maximum atomic E-state index is 12.8. The van der Waals surface area contributed by atoms with Gasteiger partial charge in [-0.05, 0) is 19.3 Å². The molecule has 2 fully saturated rings. The van der Waals surface area contributed by atoms with Gasteiger partial charge in [-0.25, -0.2) is 4.79 Å². The Hall–Kier alpha value is -0.920. The SMILES string of the molecule is O=C(O)C1CSCCN1C(=O)C1CCCC(C(F)(F)F)C1. The summed E-state index contributed by atoms with van der Waals surface area (Å²) >= 11 is 1.45. The number of amides is 1. The predicted octanol–water partition coefficient (Wildman–Crippen LogP) is 2.38. The Labute approximate surface area is 125 Å². The van der Waals surface area contributed by atoms with Crippen LogP contribution in [0.1, 0.15) is 25.7 Å². The van der Waals surface area contributed by atoms with Gasteiger partial charge in [0.25, 0.3) is 0 Å². The van der Waals surface area contributed by atoms with Crippen LogP contribution in [-0.2, 0) is 9.59 Å². The Kier molecular flexibility index (Phi) is 5.06. The van der Waals surface area contributed by atoms with Crippen LogP contribution >= 0.6 is 11.8 Å². The smallest absolute Gasteiger partial charge is 0.391 e. The van der Waals surface area contributed by atoms with Gasteiger partial charge in [0.1, 0.15) is 6.04 Å². The Balaban J connectivity index is 2.06. The van der Waals surface area contributed by atoms with Crippen LogP contribution in [0.2, 0.25) is 0 Å². The largest absolute Gasteiger partial charge is 0.480 e. The van der Waals surface area contributed by atoms with E-state index in [1.807, 2.05) is 0 Å². The topological polar surface area (TPSA) is 57.6 Å². The Morgan fingerprint density at radius 1 is 1.24 bits per heavy atom. The minimum atomic E-state index is -4.27. The van der Waals surface area contributed by atoms with Crippen LogP contribution < -0.4 is 0 Å². The first-order valence-corrected chi connectivity index (χ1v) is 8.14. The highest BCUT2D eigenvalue weighted by atomic mass is 32.2. The minimum Gasteiger partial charge on any atom is -0.480 e. The first-order chi connectivity index (χ1) is 9.80. The van der Waals surface area contributed by atoms with Gasteiger partial charge in [-0.15, -0.1) is 0 Å². The number of nitrogens with zero attached hydrogens (tertiary/aromatic N) is 1. The third-order valence-electron chi connectivity index (χ3n) is 4.18. The van der Waals surface area contributed by atoms with Crippen LogP contribution in [0, 0.1) is 11.8 Å². The van der Waals surface area contributed by atoms with Gasteiger partial charge in [0, 0.05) is 24.0 Å². The number of alkyl halides is 3. The molecule has 0 bridgehead atoms. The molecule has 0 aromatic heterocycles. The second-order valence-electron chi connectivity index (χ2n) is 5.56. The van der Waals surface area contributed by atoms with Crippen LogP contribution in [0.25, 0.3) is 0 Å². The summed E-state index contributed by atoms with van der Waals surface area (Å²) in [6.07, 6.45) is -3.64. The monoisotopic (exact) mass is 325 g/mol. The van der Waals surface area contributed by atoms with Crippen molar-refractivity contribution in [2.24, 2.45) is 11.8 Å². The standard InChI is InChI=1S/C13H18F3NO3S/c14-13(15,16)9-3-1-2-8(6-9)11(18)17-4-5-21-7-10(17)12(19)20/h8-10H,1-7H2,(H,19,20). The molecule has 8 heteroatoms. The molecule has 3 atom stereocenters. The van der Waals surface area contributed by atoms with Gasteiger partial charge in [-0.3, -0.25) is 4.79 Å². The van der Waals surface area contributed by atoms with Gasteiger partial charge >= 0.3 is 12.1 Å². The van der Waals surface area contributed by atoms with Crippen molar-refractivity contribution in [1.29, 1.82) is 0 Å². The van der Waals surface area contributed by atoms with Crippen molar-refractivity contribution in [3.63, 3.8) is 0 Å². The molecule has 0 aromatic carbocycles. The fraction of sp³-hybridized carbons (Fsp3) is 0.846. The maximum Gasteiger partial charge on any atom is 0.391 e. The van der Waals surface area contributed by atoms with Crippen molar-refractivity contribution >= 4 is 23.6 Å². The summed E-state index contributed by atoms with van der Waals surface area (Å²) in [6, 6.07) is -0.914. The molecule has 1 aliphatic carbocycles. The van der Waals surface area contributed by atoms with E-state index >= 15 is 0 Å². The zero-order valence-corrected chi connectivity index (χ0v) is 12.3. The molecule has 0 radical (unpaired) electrons. The predicted molar refractivity (Wildman–Crippen MR) is 72.0 cm³/mol. The van der Waals surface area contributed by atoms with Crippen LogP contribution in [0.3, 0.4) is 0 Å². The summed E-state index contributed by atoms with van der Waals surface area (Å²) < 4.78 is 38.4. The van der Waals surface area contributed by atoms with E-state index in [9.17, 15) is 22.8 Å². The van der Waals surface area contributed by atoms with Crippen LogP contribution in [0.5, 0.6) is 0 Å². The van der Waals surface area contributed by atoms with Gasteiger partial charge in [0.2, 0.25) is 5.91 Å². The summed E-state index contributed by atoms with van der Waals surface area (Å²) in [5, 5.41) is 9.15. The second kappa shape index (κ2) is 6.46. The second-order valence-corrected chi connectivity index (χ2v) is 6.71. The van der Waals surface area contributed by atoms with Gasteiger partial charge in [0.05, 0.1) is 5.92 Å². The van der Waals surface area contributed by atoms with Gasteiger partial charge < -0.3 is 10.0 Å². The summed E-state index contributed by atoms with van der Waals surface area (Å²) in [5.74, 6) is -2.71. The van der Waals surface area contributed by atoms with Crippen LogP contribution in [0.15, 0.2) is 0 Å². The minimum absolute atomic E-state index is 0.0610. The molecule has 1 N–H and O–H groups in total. The first kappa shape index (κ1) is 16.5. The quantitative estimate of drug-likeness (QED) is 0.847. The third-order valence-corrected chi connectivity index (χ3v) is 5.21. The molecule has 2 rings (SSSR count). The Morgan fingerprint density at radius 3 is 2.57 bits per heavy atom. The average molecular weight is 325 g/mol. The highest BCUT2D eigenvalue weighted by Crippen LogP contribution is 2.40. The molecular weight excluding hydrogens is 307 g/mol. The van der Waals surface area contributed by atoms with Crippen molar-refractivity contribution in [1.82, 2.24) is 4.90 Å². The lowest BCUT2D eigenvalue weighted by Gasteiger charge is -2.37.